The Bertz CT molecular complexity index is 9020. The van der Waals surface area contributed by atoms with Gasteiger partial charge in [0.1, 0.15) is 35.3 Å². The number of H-pyrrole nitrogens is 2. The van der Waals surface area contributed by atoms with Gasteiger partial charge in [0.2, 0.25) is 17.8 Å². The highest BCUT2D eigenvalue weighted by Crippen LogP contribution is 2.61. The topological polar surface area (TPSA) is 261 Å². The number of rotatable bonds is 13. The van der Waals surface area contributed by atoms with Crippen LogP contribution < -0.4 is 26.0 Å². The van der Waals surface area contributed by atoms with Crippen LogP contribution in [0.3, 0.4) is 0 Å². The number of nitrogens with zero attached hydrogens (tertiary/aromatic N) is 12. The van der Waals surface area contributed by atoms with Crippen molar-refractivity contribution in [2.45, 2.75) is 84.2 Å². The first-order chi connectivity index (χ1) is 72.4. The molecule has 25 heteroatoms. The first-order valence-electron chi connectivity index (χ1n) is 41.8. The van der Waals surface area contributed by atoms with Crippen LogP contribution in [-0.4, -0.2) is 103 Å². The van der Waals surface area contributed by atoms with Gasteiger partial charge in [-0.15, -0.1) is 6.42 Å². The summed E-state index contributed by atoms with van der Waals surface area (Å²) in [5, 5.41) is 26.4. The molecule has 2 aliphatic carbocycles. The Hall–Kier alpha value is -22.8. The first kappa shape index (κ1) is 113. The van der Waals surface area contributed by atoms with Gasteiger partial charge in [-0.3, -0.25) is 14.8 Å². The summed E-state index contributed by atoms with van der Waals surface area (Å²) in [4.78, 5) is 43.5. The van der Waals surface area contributed by atoms with Crippen molar-refractivity contribution in [1.82, 2.24) is 70.2 Å². The number of ether oxygens (including phenoxy) is 1. The smallest absolute Gasteiger partial charge is 0.339 e. The van der Waals surface area contributed by atoms with Crippen molar-refractivity contribution in [2.24, 2.45) is 11.8 Å². The zero-order valence-electron chi connectivity index (χ0n) is 77.7. The summed E-state index contributed by atoms with van der Waals surface area (Å²) in [7, 11) is 1.62. The largest absolute Gasteiger partial charge is 0.479 e. The number of terminal acetylenes is 1. The summed E-state index contributed by atoms with van der Waals surface area (Å²) in [6.07, 6.45) is 27.2. The van der Waals surface area contributed by atoms with Gasteiger partial charge in [0.05, 0.1) is 18.2 Å². The fourth-order valence-electron chi connectivity index (χ4n) is 10.3. The van der Waals surface area contributed by atoms with Crippen LogP contribution in [0.15, 0.2) is 86.2 Å². The van der Waals surface area contributed by atoms with Crippen LogP contribution in [-0.2, 0) is 4.57 Å². The zero-order valence-corrected chi connectivity index (χ0v) is 81.6. The van der Waals surface area contributed by atoms with Crippen molar-refractivity contribution < 1.29 is 9.30 Å². The standard InChI is InChI=1S/C67H4.C22H25N9O.C21H22ClN9.C12H6.Cl3OP/c1-3-5-7-9-11-13-15-17-19-21-23-25-27-29-31-33-35-37-39-41-43-45-47-49-51-53-55-57-59-61-63-65-67-66-64-62-60-58-56-54-52-50-48-46-44-42-40-38-36-34-32-30-28-26-24-22-20-18-16-14-12-10-8-6-4-2;1-32-21-19-15(8-9-23-21)4-7-18(30-19)29-17-5-2-14(3-6-17)10-24-22-25-11-16(12-26-22)20-27-13-28-31-20;22-19-18-14(7-8-23-19)3-6-17(30-18)29-16-4-1-13(2-5-16)9-24-21-25-10-15(11-26-21)20-27-12-28-31-20;1-3-5-7-9-11-12-10-8-6-4-2;1-5(2,3)4/h1H,2H3;4,7-9,11-14,17H,2-3,5-6,10H2,1H3,(H,29,30)(H,24,25,26)(H,27,28,31);3,6-8,10-13,16H,1-2,4-5,9H2,(H,29,30)(H,24,25,26)(H,27,28,31);1-2H3;. The summed E-state index contributed by atoms with van der Waals surface area (Å²) in [5.74, 6) is 193. The fraction of sp³-hybridized carbons (Fsp3) is 0.148. The minimum absolute atomic E-state index is 0.411. The van der Waals surface area contributed by atoms with Crippen LogP contribution in [0.1, 0.15) is 72.1 Å². The number of aromatic nitrogens is 14. The van der Waals surface area contributed by atoms with E-state index >= 15 is 0 Å². The molecule has 2 aliphatic rings. The molecule has 0 amide bonds. The molecule has 0 spiro atoms. The maximum absolute atomic E-state index is 9.51. The summed E-state index contributed by atoms with van der Waals surface area (Å²) < 4.78 is 14.9. The Labute approximate surface area is 877 Å². The normalized spacial score (nSPS) is 10.5. The average molecular weight is 1980 g/mol. The number of fused-ring (bicyclic) bond motifs is 2. The lowest BCUT2D eigenvalue weighted by atomic mass is 9.86. The van der Waals surface area contributed by atoms with Crippen molar-refractivity contribution in [3.8, 4) is 479 Å². The lowest BCUT2D eigenvalue weighted by Crippen LogP contribution is -2.29. The molecule has 6 N–H and O–H groups in total. The van der Waals surface area contributed by atoms with Crippen molar-refractivity contribution in [3.63, 3.8) is 0 Å². The van der Waals surface area contributed by atoms with E-state index in [0.717, 1.165) is 109 Å². The van der Waals surface area contributed by atoms with Gasteiger partial charge >= 0.3 is 5.20 Å². The molecule has 2 fully saturated rings. The Morgan fingerprint density at radius 2 is 0.565 bits per heavy atom. The highest BCUT2D eigenvalue weighted by atomic mass is 36.0. The molecule has 8 heterocycles. The maximum Gasteiger partial charge on any atom is 0.339 e. The third-order valence-corrected chi connectivity index (χ3v) is 16.5. The summed E-state index contributed by atoms with van der Waals surface area (Å²) in [6, 6.07) is 12.8. The van der Waals surface area contributed by atoms with E-state index in [-0.39, 0.29) is 0 Å². The van der Waals surface area contributed by atoms with Gasteiger partial charge in [-0.1, -0.05) is 29.4 Å². The van der Waals surface area contributed by atoms with Gasteiger partial charge in [0.15, 0.2) is 16.8 Å². The monoisotopic (exact) mass is 1980 g/mol. The number of anilines is 4. The van der Waals surface area contributed by atoms with Crippen LogP contribution in [0, 0.1) is 462 Å². The van der Waals surface area contributed by atoms with E-state index in [1.54, 1.807) is 65.1 Å². The molecule has 0 radical (unpaired) electrons. The van der Waals surface area contributed by atoms with Crippen molar-refractivity contribution >= 4 is 95.9 Å². The highest BCUT2D eigenvalue weighted by molar-refractivity contribution is 8.24. The number of pyridine rings is 4. The number of nitrogens with one attached hydrogen (secondary N) is 6. The molecule has 2 saturated carbocycles. The van der Waals surface area contributed by atoms with Crippen LogP contribution in [0.5, 0.6) is 5.88 Å². The van der Waals surface area contributed by atoms with Crippen molar-refractivity contribution in [3.05, 3.63) is 91.4 Å². The summed E-state index contributed by atoms with van der Waals surface area (Å²) in [5.41, 5.74) is 3.15. The van der Waals surface area contributed by atoms with Gasteiger partial charge in [0, 0.05) is 357 Å². The van der Waals surface area contributed by atoms with Gasteiger partial charge in [-0.05, 0) is 296 Å². The number of aromatic amines is 2. The van der Waals surface area contributed by atoms with Gasteiger partial charge < -0.3 is 26.0 Å². The van der Waals surface area contributed by atoms with Crippen LogP contribution in [0.4, 0.5) is 23.5 Å². The van der Waals surface area contributed by atoms with Crippen LogP contribution in [0.2, 0.25) is 5.15 Å². The molecular formula is C122H57Cl4N18O2P. The fourth-order valence-corrected chi connectivity index (χ4v) is 10.6. The van der Waals surface area contributed by atoms with Gasteiger partial charge in [-0.25, -0.2) is 49.8 Å². The molecule has 0 bridgehead atoms. The summed E-state index contributed by atoms with van der Waals surface area (Å²) >= 11 is 20.0. The third-order valence-electron chi connectivity index (χ3n) is 16.3. The molecule has 8 aromatic heterocycles. The van der Waals surface area contributed by atoms with E-state index in [1.807, 2.05) is 30.3 Å². The van der Waals surface area contributed by atoms with E-state index in [9.17, 15) is 4.57 Å². The Morgan fingerprint density at radius 1 is 0.327 bits per heavy atom. The molecule has 680 valence electrons. The third kappa shape index (κ3) is 57.0. The quantitative estimate of drug-likeness (QED) is 0.0356. The Morgan fingerprint density at radius 3 is 0.803 bits per heavy atom. The van der Waals surface area contributed by atoms with Crippen LogP contribution in [0.25, 0.3) is 44.6 Å². The molecule has 0 aromatic carbocycles. The Kier molecular flexibility index (Phi) is 58.7. The zero-order chi connectivity index (χ0) is 104. The predicted molar refractivity (Wildman–Crippen MR) is 580 cm³/mol. The van der Waals surface area contributed by atoms with Crippen molar-refractivity contribution in [1.29, 1.82) is 0 Å². The van der Waals surface area contributed by atoms with Gasteiger partial charge in [-0.2, -0.15) is 10.2 Å². The maximum atomic E-state index is 9.51. The molecule has 0 saturated heterocycles. The Balaban J connectivity index is 0.000000336. The van der Waals surface area contributed by atoms with E-state index in [1.165, 1.54) is 12.7 Å². The number of halogens is 4. The molecule has 0 aliphatic heterocycles. The SMILES string of the molecule is C#CC#CC#CC#CC#CC#CC#CC#CC#CC#CC#CC#CC#CC#CC#CC#CC#CC#CC#CC#CC#CC#CC#CC#CC#CC#CC#CC#CC#CC#CC#CC#CC#CC.CC#CC#CC#CC#CC#CC.COc1nccc2ccc(NC3CCC(CNc4ncc(-c5ncn[nH]5)cn4)CC3)nc12.Clc1nccc2ccc(NC3CCC(CNc4ncc(-c5ncn[nH]5)cn4)CC3)nc12.O=P(Cl)(Cl)Cl. The molecule has 8 aromatic rings. The second-order valence-corrected chi connectivity index (χ2v) is 32.9. The second-order valence-electron chi connectivity index (χ2n) is 25.9. The number of methoxy groups -OCH3 is 1. The summed E-state index contributed by atoms with van der Waals surface area (Å²) in [6.45, 7) is 6.86. The molecule has 0 atom stereocenters. The molecule has 10 rings (SSSR count). The lowest BCUT2D eigenvalue weighted by Gasteiger charge is -2.29. The number of hydrogen-bond acceptors (Lipinski definition) is 18. The molecular weight excluding hydrogens is 1920 g/mol. The minimum atomic E-state index is -3.22. The number of hydrogen-bond donors (Lipinski definition) is 6. The molecule has 147 heavy (non-hydrogen) atoms. The van der Waals surface area contributed by atoms with Gasteiger partial charge in [0.25, 0.3) is 0 Å². The van der Waals surface area contributed by atoms with E-state index in [4.69, 9.17) is 27.7 Å². The first-order valence-corrected chi connectivity index (χ1v) is 46.6. The van der Waals surface area contributed by atoms with Crippen LogP contribution >= 0.6 is 50.5 Å². The van der Waals surface area contributed by atoms with Crippen molar-refractivity contribution in [2.75, 3.05) is 41.5 Å². The molecule has 20 nitrogen and oxygen atoms in total. The average Bonchev–Trinajstić information content (AvgIpc) is 1.30. The van der Waals surface area contributed by atoms with E-state index < -0.39 is 5.20 Å². The molecule has 0 unspecified atom stereocenters. The predicted octanol–water partition coefficient (Wildman–Crippen LogP) is 11.8. The van der Waals surface area contributed by atoms with E-state index in [2.05, 4.69) is 570 Å². The second kappa shape index (κ2) is 76.4. The highest BCUT2D eigenvalue weighted by Gasteiger charge is 2.24. The minimum Gasteiger partial charge on any atom is -0.479 e. The lowest BCUT2D eigenvalue weighted by molar-refractivity contribution is 0.350. The van der Waals surface area contributed by atoms with E-state index in [0.29, 0.717) is 58.5 Å².